The molecule has 0 amide bonds. The number of allylic oxidation sites excluding steroid dienone is 1. The van der Waals surface area contributed by atoms with E-state index in [0.717, 1.165) is 61.9 Å². The minimum atomic E-state index is -0.306. The lowest BCUT2D eigenvalue weighted by molar-refractivity contribution is -0.667. The lowest BCUT2D eigenvalue weighted by Crippen LogP contribution is -2.45. The zero-order chi connectivity index (χ0) is 75.0. The minimum Gasteiger partial charge on any atom is -0.359 e. The highest BCUT2D eigenvalue weighted by molar-refractivity contribution is 6.05. The largest absolute Gasteiger partial charge is 0.359 e. The van der Waals surface area contributed by atoms with Gasteiger partial charge in [0.05, 0.1) is 163 Å². The molecule has 24 rings (SSSR count). The Kier molecular flexibility index (Phi) is 12.9. The van der Waals surface area contributed by atoms with Crippen molar-refractivity contribution in [3.63, 3.8) is 0 Å². The lowest BCUT2D eigenvalue weighted by atomic mass is 9.84. The smallest absolute Gasteiger partial charge is 0.286 e. The molecule has 11 aromatic heterocycles. The fourth-order valence-electron chi connectivity index (χ4n) is 19.7. The highest BCUT2D eigenvalue weighted by Gasteiger charge is 2.48. The number of hydrogen-bond acceptors (Lipinski definition) is 8. The van der Waals surface area contributed by atoms with Crippen LogP contribution in [0, 0.1) is 34.6 Å². The van der Waals surface area contributed by atoms with Crippen molar-refractivity contribution in [2.45, 2.75) is 125 Å². The summed E-state index contributed by atoms with van der Waals surface area (Å²) in [5, 5.41) is 0. The van der Waals surface area contributed by atoms with Crippen LogP contribution in [0.5, 0.6) is 0 Å². The molecule has 19 nitrogen and oxygen atoms in total. The molecule has 0 spiro atoms. The molecular weight excluding hydrogens is 1350 g/mol. The van der Waals surface area contributed by atoms with Crippen LogP contribution in [0.2, 0.25) is 0 Å². The van der Waals surface area contributed by atoms with E-state index in [1.807, 2.05) is 37.1 Å². The van der Waals surface area contributed by atoms with Gasteiger partial charge in [-0.2, -0.15) is 9.13 Å². The summed E-state index contributed by atoms with van der Waals surface area (Å²) in [7, 11) is 8.53. The van der Waals surface area contributed by atoms with E-state index in [2.05, 4.69) is 341 Å². The number of imidazole rings is 8. The van der Waals surface area contributed by atoms with E-state index in [9.17, 15) is 0 Å². The standard InChI is InChI=1S/C24H23N4.C22H23N5.2C22H20N5/c1-14-10-13-19-22-20(14)21-16(12-11-15(2)26(21)5)24(3,4)28(22)23-25-17-8-6-7-9-18(17)27(19)23;1-13-10-11-17-20-19(13)25-14(2)24(5)12-18(25)22(3,4)27(20)21-23-15-8-6-7-9-16(15)26(17)21;1-13-9-10-17-20-18(13)19-14(11-23-12-25(19)4)22(2,3)27(20)21-24-15-7-5-6-8-16(15)26(17)21;1-13-9-10-16-18-17(13)19-20(23-11-12-25(19)4)22(2,3)27(18)21-24-14-7-5-6-8-15(14)26(16)21/h6-13H,1-5H3;6-12,14H,1-5H3;2*5-12H,1-4H3/q+1;;2*+1/t;14-;;/m.0../s1. The molecule has 16 heterocycles. The first-order valence-electron chi connectivity index (χ1n) is 37.9. The Morgan fingerprint density at radius 1 is 0.394 bits per heavy atom. The first-order valence-corrected chi connectivity index (χ1v) is 37.9. The number of aryl methyl sites for hydroxylation is 7. The molecule has 19 aromatic rings. The van der Waals surface area contributed by atoms with Crippen molar-refractivity contribution in [2.75, 3.05) is 11.9 Å². The van der Waals surface area contributed by atoms with Crippen LogP contribution in [0.25, 0.3) is 145 Å². The first-order chi connectivity index (χ1) is 52.3. The molecule has 0 radical (unpaired) electrons. The van der Waals surface area contributed by atoms with Gasteiger partial charge in [0.25, 0.3) is 6.33 Å². The number of rotatable bonds is 0. The molecule has 5 aliphatic heterocycles. The van der Waals surface area contributed by atoms with Crippen molar-refractivity contribution < 1.29 is 13.7 Å². The summed E-state index contributed by atoms with van der Waals surface area (Å²) in [6, 6.07) is 56.0. The summed E-state index contributed by atoms with van der Waals surface area (Å²) in [6.45, 7) is 31.5. The monoisotopic (exact) mass is 1430 g/mol. The number of para-hydroxylation sites is 8. The average molecular weight is 1430 g/mol. The van der Waals surface area contributed by atoms with Crippen LogP contribution < -0.4 is 18.6 Å². The minimum absolute atomic E-state index is 0.190. The third kappa shape index (κ3) is 8.13. The van der Waals surface area contributed by atoms with E-state index < -0.39 is 0 Å². The normalized spacial score (nSPS) is 16.4. The van der Waals surface area contributed by atoms with Gasteiger partial charge < -0.3 is 9.80 Å². The van der Waals surface area contributed by atoms with Crippen molar-refractivity contribution in [3.8, 4) is 33.8 Å². The van der Waals surface area contributed by atoms with Crippen molar-refractivity contribution in [2.24, 2.45) is 21.1 Å². The summed E-state index contributed by atoms with van der Waals surface area (Å²) < 4.78 is 25.6. The quantitative estimate of drug-likeness (QED) is 0.137. The zero-order valence-corrected chi connectivity index (χ0v) is 65.0. The highest BCUT2D eigenvalue weighted by atomic mass is 15.4. The Balaban J connectivity index is 0.0000000925. The second-order valence-electron chi connectivity index (χ2n) is 33.0. The molecular formula is C90H86N19+3. The molecule has 109 heavy (non-hydrogen) atoms. The van der Waals surface area contributed by atoms with Crippen molar-refractivity contribution >= 4 is 117 Å². The molecule has 1 atom stereocenters. The molecule has 538 valence electrons. The number of nitrogens with zero attached hydrogens (tertiary/aromatic N) is 19. The molecule has 5 aliphatic rings. The maximum absolute atomic E-state index is 5.06. The van der Waals surface area contributed by atoms with Gasteiger partial charge in [-0.15, -0.1) is 0 Å². The van der Waals surface area contributed by atoms with E-state index in [4.69, 9.17) is 24.9 Å². The summed E-state index contributed by atoms with van der Waals surface area (Å²) >= 11 is 0. The molecule has 0 saturated carbocycles. The number of hydrogen-bond donors (Lipinski definition) is 0. The fraction of sp³-hybridized carbons (Fsp3) is 0.256. The van der Waals surface area contributed by atoms with Gasteiger partial charge in [-0.05, 0) is 191 Å². The van der Waals surface area contributed by atoms with Gasteiger partial charge in [0, 0.05) is 26.2 Å². The SMILES string of the molecule is Cc1ccc2c3c1-c1c(ccc(C)[n+]1C)C(C)(C)n3c1nc3ccccc3n21.Cc1ccc2c3c1-c1c(cnc[n+]1C)C(C)(C)n3c1nc3ccccc3n21.Cc1ccc2c3c1-c1c(ncc[n+]1C)C(C)(C)n3c1nc3ccccc3n21.Cc1ccc2c3c1N1C(=CN(C)[C@@H]1C)C(C)(C)n3c1nc3ccccc3n21. The Bertz CT molecular complexity index is 7120. The van der Waals surface area contributed by atoms with Gasteiger partial charge in [-0.25, -0.2) is 29.5 Å². The summed E-state index contributed by atoms with van der Waals surface area (Å²) in [4.78, 5) is 34.3. The van der Waals surface area contributed by atoms with Crippen LogP contribution in [0.15, 0.2) is 195 Å². The number of fused-ring (bicyclic) bond motifs is 28. The van der Waals surface area contributed by atoms with Gasteiger partial charge in [0.15, 0.2) is 11.9 Å². The number of aromatic nitrogens is 17. The van der Waals surface area contributed by atoms with Gasteiger partial charge in [-0.3, -0.25) is 35.9 Å². The third-order valence-corrected chi connectivity index (χ3v) is 25.3. The summed E-state index contributed by atoms with van der Waals surface area (Å²) in [6.07, 6.45) is 10.4. The van der Waals surface area contributed by atoms with Gasteiger partial charge in [-0.1, -0.05) is 77.8 Å². The molecule has 19 heteroatoms. The summed E-state index contributed by atoms with van der Waals surface area (Å²) in [5.41, 5.74) is 38.0. The third-order valence-electron chi connectivity index (χ3n) is 25.3. The molecule has 0 fully saturated rings. The van der Waals surface area contributed by atoms with Crippen LogP contribution >= 0.6 is 0 Å². The van der Waals surface area contributed by atoms with Crippen molar-refractivity contribution in [1.29, 1.82) is 0 Å². The molecule has 8 aromatic carbocycles. The first kappa shape index (κ1) is 64.8. The molecule has 0 aliphatic carbocycles. The zero-order valence-electron chi connectivity index (χ0n) is 65.0. The van der Waals surface area contributed by atoms with Gasteiger partial charge in [0.1, 0.15) is 37.8 Å². The van der Waals surface area contributed by atoms with E-state index in [0.29, 0.717) is 6.17 Å². The molecule has 0 saturated heterocycles. The second kappa shape index (κ2) is 21.6. The number of benzene rings is 8. The van der Waals surface area contributed by atoms with E-state index in [1.54, 1.807) is 0 Å². The molecule has 0 unspecified atom stereocenters. The Labute approximate surface area is 629 Å². The average Bonchev–Trinajstić information content (AvgIpc) is 1.56. The number of anilines is 1. The maximum Gasteiger partial charge on any atom is 0.286 e. The lowest BCUT2D eigenvalue weighted by Gasteiger charge is -2.43. The fourth-order valence-corrected chi connectivity index (χ4v) is 19.7. The van der Waals surface area contributed by atoms with Crippen LogP contribution in [0.1, 0.15) is 107 Å². The predicted octanol–water partition coefficient (Wildman–Crippen LogP) is 16.6. The Morgan fingerprint density at radius 3 is 1.28 bits per heavy atom. The van der Waals surface area contributed by atoms with Crippen LogP contribution in [0.4, 0.5) is 5.69 Å². The number of pyridine rings is 1. The molecule has 0 N–H and O–H groups in total. The van der Waals surface area contributed by atoms with Crippen molar-refractivity contribution in [1.82, 2.24) is 70.7 Å². The highest BCUT2D eigenvalue weighted by Crippen LogP contribution is 2.53. The van der Waals surface area contributed by atoms with Crippen LogP contribution in [-0.4, -0.2) is 83.9 Å². The summed E-state index contributed by atoms with van der Waals surface area (Å²) in [5.74, 6) is 4.00. The molecule has 0 bridgehead atoms. The van der Waals surface area contributed by atoms with Gasteiger partial charge in [0.2, 0.25) is 34.5 Å². The van der Waals surface area contributed by atoms with E-state index in [1.165, 1.54) is 139 Å². The van der Waals surface area contributed by atoms with Crippen molar-refractivity contribution in [3.05, 3.63) is 239 Å². The topological polar surface area (TPSA) is 133 Å². The van der Waals surface area contributed by atoms with E-state index >= 15 is 0 Å². The second-order valence-corrected chi connectivity index (χ2v) is 33.0. The van der Waals surface area contributed by atoms with Crippen LogP contribution in [-0.2, 0) is 43.3 Å². The maximum atomic E-state index is 5.06. The predicted molar refractivity (Wildman–Crippen MR) is 434 cm³/mol. The van der Waals surface area contributed by atoms with Gasteiger partial charge >= 0.3 is 0 Å². The van der Waals surface area contributed by atoms with E-state index in [-0.39, 0.29) is 22.2 Å². The van der Waals surface area contributed by atoms with Crippen LogP contribution in [0.3, 0.4) is 0 Å². The Hall–Kier alpha value is -12.5. The Morgan fingerprint density at radius 2 is 0.798 bits per heavy atom.